The van der Waals surface area contributed by atoms with Crippen molar-refractivity contribution in [2.45, 2.75) is 80.2 Å². The van der Waals surface area contributed by atoms with Gasteiger partial charge in [-0.05, 0) is 38.5 Å². The van der Waals surface area contributed by atoms with Crippen molar-refractivity contribution in [2.75, 3.05) is 11.1 Å². The van der Waals surface area contributed by atoms with E-state index in [4.69, 9.17) is 5.11 Å². The number of carbonyl (C=O) groups is 2. The number of carbonyl (C=O) groups excluding carboxylic acids is 1. The maximum atomic E-state index is 13.1. The number of aliphatic hydroxyl groups excluding tert-OH is 1. The lowest BCUT2D eigenvalue weighted by Crippen LogP contribution is -2.51. The van der Waals surface area contributed by atoms with Gasteiger partial charge < -0.3 is 15.1 Å². The van der Waals surface area contributed by atoms with E-state index >= 15 is 0 Å². The zero-order valence-electron chi connectivity index (χ0n) is 15.3. The van der Waals surface area contributed by atoms with Crippen LogP contribution >= 0.6 is 23.1 Å². The van der Waals surface area contributed by atoms with Gasteiger partial charge in [0.1, 0.15) is 0 Å². The summed E-state index contributed by atoms with van der Waals surface area (Å²) in [5.41, 5.74) is 0. The summed E-state index contributed by atoms with van der Waals surface area (Å²) in [5, 5.41) is 22.0. The number of anilines is 1. The third-order valence-corrected chi connectivity index (χ3v) is 7.39. The van der Waals surface area contributed by atoms with Crippen LogP contribution in [0.4, 0.5) is 9.93 Å². The Bertz CT molecular complexity index is 640. The van der Waals surface area contributed by atoms with Crippen molar-refractivity contribution in [3.8, 4) is 0 Å². The summed E-state index contributed by atoms with van der Waals surface area (Å²) < 4.78 is 0.776. The van der Waals surface area contributed by atoms with Crippen LogP contribution in [0.5, 0.6) is 0 Å². The van der Waals surface area contributed by atoms with Gasteiger partial charge in [0.15, 0.2) is 5.13 Å². The quantitative estimate of drug-likeness (QED) is 0.613. The van der Waals surface area contributed by atoms with Gasteiger partial charge in [-0.25, -0.2) is 9.78 Å². The fourth-order valence-electron chi connectivity index (χ4n) is 4.00. The van der Waals surface area contributed by atoms with E-state index in [1.807, 2.05) is 4.90 Å². The first-order valence-corrected chi connectivity index (χ1v) is 11.4. The molecule has 9 heteroatoms. The Balaban J connectivity index is 1.66. The molecule has 0 bridgehead atoms. The molecule has 150 valence electrons. The predicted octanol–water partition coefficient (Wildman–Crippen LogP) is 3.79. The van der Waals surface area contributed by atoms with Gasteiger partial charge in [0, 0.05) is 12.1 Å². The van der Waals surface area contributed by atoms with Gasteiger partial charge in [0.05, 0.1) is 22.3 Å². The van der Waals surface area contributed by atoms with Gasteiger partial charge in [-0.1, -0.05) is 30.6 Å². The highest BCUT2D eigenvalue weighted by Gasteiger charge is 2.34. The molecular formula is C18H27N3O4S2. The van der Waals surface area contributed by atoms with E-state index in [9.17, 15) is 14.7 Å². The third kappa shape index (κ3) is 5.83. The molecule has 0 spiro atoms. The second-order valence-electron chi connectivity index (χ2n) is 7.26. The summed E-state index contributed by atoms with van der Waals surface area (Å²) in [6.07, 6.45) is 10.1. The number of hydrogen-bond donors (Lipinski definition) is 3. The number of hydrogen-bond acceptors (Lipinski definition) is 6. The number of aliphatic hydroxyl groups is 1. The number of carboxylic acid groups (broad SMARTS) is 1. The third-order valence-electron chi connectivity index (χ3n) is 5.30. The van der Waals surface area contributed by atoms with Crippen LogP contribution in [0.1, 0.15) is 57.8 Å². The summed E-state index contributed by atoms with van der Waals surface area (Å²) in [4.78, 5) is 30.0. The Hall–Kier alpha value is -1.32. The van der Waals surface area contributed by atoms with Crippen LogP contribution in [-0.2, 0) is 4.79 Å². The van der Waals surface area contributed by atoms with E-state index < -0.39 is 5.97 Å². The summed E-state index contributed by atoms with van der Waals surface area (Å²) in [6, 6.07) is 0.296. The van der Waals surface area contributed by atoms with Crippen LogP contribution in [0.15, 0.2) is 10.4 Å². The molecule has 1 aromatic heterocycles. The van der Waals surface area contributed by atoms with E-state index in [1.54, 1.807) is 6.20 Å². The molecule has 0 radical (unpaired) electrons. The van der Waals surface area contributed by atoms with Crippen LogP contribution in [0.25, 0.3) is 0 Å². The molecule has 27 heavy (non-hydrogen) atoms. The van der Waals surface area contributed by atoms with E-state index in [0.717, 1.165) is 55.6 Å². The van der Waals surface area contributed by atoms with Crippen molar-refractivity contribution < 1.29 is 19.8 Å². The summed E-state index contributed by atoms with van der Waals surface area (Å²) in [6.45, 7) is 0. The van der Waals surface area contributed by atoms with Gasteiger partial charge in [-0.3, -0.25) is 10.1 Å². The summed E-state index contributed by atoms with van der Waals surface area (Å²) >= 11 is 2.51. The monoisotopic (exact) mass is 413 g/mol. The first kappa shape index (κ1) is 20.4. The number of carboxylic acids is 1. The SMILES string of the molecule is O=C(O)CSc1cnc(NC(=O)N(C2CCCCC2)C2CCC(O)CC2)s1. The van der Waals surface area contributed by atoms with Gasteiger partial charge in [-0.15, -0.1) is 11.8 Å². The second-order valence-corrected chi connectivity index (χ2v) is 9.56. The molecule has 2 saturated carbocycles. The van der Waals surface area contributed by atoms with E-state index in [2.05, 4.69) is 10.3 Å². The number of amides is 2. The van der Waals surface area contributed by atoms with E-state index in [-0.39, 0.29) is 30.0 Å². The Morgan fingerprint density at radius 1 is 1.15 bits per heavy atom. The highest BCUT2D eigenvalue weighted by molar-refractivity contribution is 8.01. The predicted molar refractivity (Wildman–Crippen MR) is 106 cm³/mol. The van der Waals surface area contributed by atoms with Gasteiger partial charge in [-0.2, -0.15) is 0 Å². The van der Waals surface area contributed by atoms with Crippen LogP contribution < -0.4 is 5.32 Å². The number of aliphatic carboxylic acids is 1. The second kappa shape index (κ2) is 9.75. The molecule has 0 aliphatic heterocycles. The molecule has 2 aliphatic rings. The molecule has 3 rings (SSSR count). The molecule has 7 nitrogen and oxygen atoms in total. The molecule has 1 aromatic rings. The minimum absolute atomic E-state index is 0.0197. The van der Waals surface area contributed by atoms with Gasteiger partial charge in [0.25, 0.3) is 0 Å². The number of rotatable bonds is 6. The van der Waals surface area contributed by atoms with E-state index in [0.29, 0.717) is 5.13 Å². The first-order valence-electron chi connectivity index (χ1n) is 9.60. The van der Waals surface area contributed by atoms with Crippen molar-refractivity contribution in [3.63, 3.8) is 0 Å². The molecule has 3 N–H and O–H groups in total. The lowest BCUT2D eigenvalue weighted by molar-refractivity contribution is -0.133. The molecule has 2 fully saturated rings. The minimum Gasteiger partial charge on any atom is -0.481 e. The van der Waals surface area contributed by atoms with Crippen LogP contribution in [0.3, 0.4) is 0 Å². The molecule has 0 unspecified atom stereocenters. The molecule has 2 aliphatic carbocycles. The van der Waals surface area contributed by atoms with Crippen molar-refractivity contribution in [3.05, 3.63) is 6.20 Å². The van der Waals surface area contributed by atoms with Crippen LogP contribution in [0.2, 0.25) is 0 Å². The number of thioether (sulfide) groups is 1. The average Bonchev–Trinajstić information content (AvgIpc) is 3.10. The Labute approximate surface area is 167 Å². The number of thiazole rings is 1. The standard InChI is InChI=1S/C18H27N3O4S2/c22-14-8-6-13(7-9-14)21(12-4-2-1-3-5-12)18(25)20-17-19-10-16(27-17)26-11-15(23)24/h10,12-14,22H,1-9,11H2,(H,23,24)(H,19,20,25). The number of urea groups is 1. The molecular weight excluding hydrogens is 386 g/mol. The maximum Gasteiger partial charge on any atom is 0.324 e. The smallest absolute Gasteiger partial charge is 0.324 e. The Kier molecular flexibility index (Phi) is 7.37. The first-order chi connectivity index (χ1) is 13.0. The van der Waals surface area contributed by atoms with Crippen LogP contribution in [-0.4, -0.2) is 56.0 Å². The van der Waals surface area contributed by atoms with E-state index in [1.165, 1.54) is 29.5 Å². The largest absolute Gasteiger partial charge is 0.481 e. The maximum absolute atomic E-state index is 13.1. The van der Waals surface area contributed by atoms with Crippen molar-refractivity contribution in [2.24, 2.45) is 0 Å². The Morgan fingerprint density at radius 3 is 2.48 bits per heavy atom. The highest BCUT2D eigenvalue weighted by atomic mass is 32.2. The summed E-state index contributed by atoms with van der Waals surface area (Å²) in [5.74, 6) is -0.893. The number of aromatic nitrogens is 1. The van der Waals surface area contributed by atoms with Crippen molar-refractivity contribution in [1.82, 2.24) is 9.88 Å². The fraction of sp³-hybridized carbons (Fsp3) is 0.722. The van der Waals surface area contributed by atoms with Crippen molar-refractivity contribution >= 4 is 40.2 Å². The number of nitrogens with one attached hydrogen (secondary N) is 1. The molecule has 2 amide bonds. The van der Waals surface area contributed by atoms with Gasteiger partial charge in [0.2, 0.25) is 0 Å². The molecule has 0 saturated heterocycles. The topological polar surface area (TPSA) is 103 Å². The molecule has 0 aromatic carbocycles. The van der Waals surface area contributed by atoms with Crippen LogP contribution in [0, 0.1) is 0 Å². The van der Waals surface area contributed by atoms with Crippen molar-refractivity contribution in [1.29, 1.82) is 0 Å². The highest BCUT2D eigenvalue weighted by Crippen LogP contribution is 2.32. The number of nitrogens with zero attached hydrogens (tertiary/aromatic N) is 2. The average molecular weight is 414 g/mol. The normalized spacial score (nSPS) is 23.7. The lowest BCUT2D eigenvalue weighted by Gasteiger charge is -2.42. The Morgan fingerprint density at radius 2 is 1.81 bits per heavy atom. The fourth-order valence-corrected chi connectivity index (χ4v) is 5.58. The minimum atomic E-state index is -0.873. The molecule has 0 atom stereocenters. The zero-order valence-corrected chi connectivity index (χ0v) is 16.9. The zero-order chi connectivity index (χ0) is 19.2. The van der Waals surface area contributed by atoms with Gasteiger partial charge >= 0.3 is 12.0 Å². The molecule has 1 heterocycles. The summed E-state index contributed by atoms with van der Waals surface area (Å²) in [7, 11) is 0. The lowest BCUT2D eigenvalue weighted by atomic mass is 9.88.